The summed E-state index contributed by atoms with van der Waals surface area (Å²) >= 11 is 1.58. The monoisotopic (exact) mass is 307 g/mol. The van der Waals surface area contributed by atoms with E-state index in [1.165, 1.54) is 6.42 Å². The van der Waals surface area contributed by atoms with Gasteiger partial charge in [-0.3, -0.25) is 0 Å². The molecule has 0 spiro atoms. The highest BCUT2D eigenvalue weighted by Crippen LogP contribution is 2.06. The lowest BCUT2D eigenvalue weighted by molar-refractivity contribution is 0.118. The Morgan fingerprint density at radius 2 is 1.30 bits per heavy atom. The molecule has 0 aliphatic rings. The van der Waals surface area contributed by atoms with Gasteiger partial charge >= 0.3 is 0 Å². The second-order valence-electron chi connectivity index (χ2n) is 4.52. The van der Waals surface area contributed by atoms with E-state index in [1.807, 2.05) is 20.8 Å². The first-order valence-electron chi connectivity index (χ1n) is 7.97. The smallest absolute Gasteiger partial charge is 0.0585 e. The normalized spacial score (nSPS) is 11.4. The molecule has 0 radical (unpaired) electrons. The second kappa shape index (κ2) is 17.2. The molecule has 0 atom stereocenters. The van der Waals surface area contributed by atoms with Gasteiger partial charge in [0.2, 0.25) is 0 Å². The van der Waals surface area contributed by atoms with Crippen LogP contribution in [0, 0.1) is 0 Å². The molecule has 0 saturated carbocycles. The van der Waals surface area contributed by atoms with Crippen molar-refractivity contribution in [2.45, 2.75) is 40.0 Å². The Labute approximate surface area is 129 Å². The van der Waals surface area contributed by atoms with Crippen molar-refractivity contribution in [2.24, 2.45) is 0 Å². The van der Waals surface area contributed by atoms with Gasteiger partial charge in [-0.25, -0.2) is 0 Å². The molecule has 0 aromatic rings. The molecule has 0 aliphatic carbocycles. The summed E-state index contributed by atoms with van der Waals surface area (Å²) in [6.07, 6.45) is 3.40. The molecule has 0 bridgehead atoms. The van der Waals surface area contributed by atoms with Crippen molar-refractivity contribution in [3.63, 3.8) is 0 Å². The van der Waals surface area contributed by atoms with E-state index in [2.05, 4.69) is 4.90 Å². The summed E-state index contributed by atoms with van der Waals surface area (Å²) in [5.41, 5.74) is 0. The topological polar surface area (TPSA) is 30.9 Å². The molecule has 5 heteroatoms. The fourth-order valence-electron chi connectivity index (χ4n) is 1.89. The van der Waals surface area contributed by atoms with E-state index in [1.54, 1.807) is 12.0 Å². The third-order valence-corrected chi connectivity index (χ3v) is 3.70. The van der Waals surface area contributed by atoms with Gasteiger partial charge in [-0.1, -0.05) is 0 Å². The lowest BCUT2D eigenvalue weighted by atomic mass is 10.3. The summed E-state index contributed by atoms with van der Waals surface area (Å²) in [7, 11) is 0. The highest BCUT2D eigenvalue weighted by Gasteiger charge is 2.04. The van der Waals surface area contributed by atoms with Crippen LogP contribution in [0.4, 0.5) is 0 Å². The minimum atomic E-state index is 0.789. The Bertz CT molecular complexity index is 173. The lowest BCUT2D eigenvalue weighted by Gasteiger charge is -2.22. The minimum absolute atomic E-state index is 0.789. The molecular formula is C15H33NO3S. The predicted octanol–water partition coefficient (Wildman–Crippen LogP) is 3.22. The SMILES string of the molecule is CCOCCCN(CCCOCC)CCCSOCC. The summed E-state index contributed by atoms with van der Waals surface area (Å²) in [4.78, 5) is 2.52. The summed E-state index contributed by atoms with van der Waals surface area (Å²) in [6.45, 7) is 13.6. The molecule has 0 aliphatic heterocycles. The second-order valence-corrected chi connectivity index (χ2v) is 5.40. The third-order valence-electron chi connectivity index (χ3n) is 2.84. The van der Waals surface area contributed by atoms with E-state index in [0.29, 0.717) is 0 Å². The highest BCUT2D eigenvalue weighted by atomic mass is 32.2. The summed E-state index contributed by atoms with van der Waals surface area (Å²) in [6, 6.07) is 0. The van der Waals surface area contributed by atoms with Crippen LogP contribution in [-0.2, 0) is 13.7 Å². The molecular weight excluding hydrogens is 274 g/mol. The summed E-state index contributed by atoms with van der Waals surface area (Å²) < 4.78 is 16.1. The molecule has 0 unspecified atom stereocenters. The van der Waals surface area contributed by atoms with Gasteiger partial charge in [-0.2, -0.15) is 0 Å². The standard InChI is InChI=1S/C15H33NO3S/c1-4-17-13-7-10-16(11-8-14-18-5-2)12-9-15-20-19-6-3/h4-15H2,1-3H3. The maximum Gasteiger partial charge on any atom is 0.0585 e. The van der Waals surface area contributed by atoms with Crippen molar-refractivity contribution in [3.8, 4) is 0 Å². The van der Waals surface area contributed by atoms with E-state index >= 15 is 0 Å². The third kappa shape index (κ3) is 14.6. The van der Waals surface area contributed by atoms with Crippen LogP contribution in [0.5, 0.6) is 0 Å². The van der Waals surface area contributed by atoms with Crippen LogP contribution in [0.1, 0.15) is 40.0 Å². The number of rotatable bonds is 16. The van der Waals surface area contributed by atoms with Gasteiger partial charge in [0, 0.05) is 45.3 Å². The van der Waals surface area contributed by atoms with Gasteiger partial charge < -0.3 is 18.6 Å². The van der Waals surface area contributed by atoms with Gasteiger partial charge in [-0.15, -0.1) is 0 Å². The molecule has 0 N–H and O–H groups in total. The van der Waals surface area contributed by atoms with Crippen LogP contribution in [0.25, 0.3) is 0 Å². The molecule has 0 rings (SSSR count). The van der Waals surface area contributed by atoms with Crippen LogP contribution in [0.15, 0.2) is 0 Å². The zero-order chi connectivity index (χ0) is 14.9. The molecule has 20 heavy (non-hydrogen) atoms. The van der Waals surface area contributed by atoms with E-state index in [9.17, 15) is 0 Å². The quantitative estimate of drug-likeness (QED) is 0.323. The summed E-state index contributed by atoms with van der Waals surface area (Å²) in [5.74, 6) is 1.07. The fourth-order valence-corrected chi connectivity index (χ4v) is 2.43. The van der Waals surface area contributed by atoms with Crippen molar-refractivity contribution < 1.29 is 13.7 Å². The highest BCUT2D eigenvalue weighted by molar-refractivity contribution is 7.94. The van der Waals surface area contributed by atoms with E-state index < -0.39 is 0 Å². The van der Waals surface area contributed by atoms with E-state index in [4.69, 9.17) is 13.7 Å². The molecule has 122 valence electrons. The van der Waals surface area contributed by atoms with Crippen LogP contribution in [0.2, 0.25) is 0 Å². The van der Waals surface area contributed by atoms with Crippen molar-refractivity contribution >= 4 is 12.0 Å². The van der Waals surface area contributed by atoms with Crippen molar-refractivity contribution in [1.82, 2.24) is 4.90 Å². The molecule has 4 nitrogen and oxygen atoms in total. The molecule has 0 saturated heterocycles. The average Bonchev–Trinajstić information content (AvgIpc) is 2.47. The van der Waals surface area contributed by atoms with Crippen LogP contribution < -0.4 is 0 Å². The first kappa shape index (κ1) is 20.2. The van der Waals surface area contributed by atoms with Crippen molar-refractivity contribution in [1.29, 1.82) is 0 Å². The van der Waals surface area contributed by atoms with Gasteiger partial charge in [-0.05, 0) is 58.6 Å². The average molecular weight is 308 g/mol. The molecule has 0 aromatic carbocycles. The number of nitrogens with zero attached hydrogens (tertiary/aromatic N) is 1. The summed E-state index contributed by atoms with van der Waals surface area (Å²) in [5, 5.41) is 0. The van der Waals surface area contributed by atoms with Crippen molar-refractivity contribution in [3.05, 3.63) is 0 Å². The molecule has 0 amide bonds. The Kier molecular flexibility index (Phi) is 17.4. The van der Waals surface area contributed by atoms with Gasteiger partial charge in [0.25, 0.3) is 0 Å². The van der Waals surface area contributed by atoms with Gasteiger partial charge in [0.05, 0.1) is 6.61 Å². The largest absolute Gasteiger partial charge is 0.382 e. The van der Waals surface area contributed by atoms with E-state index in [0.717, 1.165) is 71.3 Å². The van der Waals surface area contributed by atoms with Gasteiger partial charge in [0.1, 0.15) is 0 Å². The van der Waals surface area contributed by atoms with Crippen molar-refractivity contribution in [2.75, 3.05) is 58.4 Å². The molecule has 0 heterocycles. The number of hydrogen-bond donors (Lipinski definition) is 0. The first-order chi connectivity index (χ1) is 9.85. The molecule has 0 aromatic heterocycles. The first-order valence-corrected chi connectivity index (χ1v) is 8.88. The van der Waals surface area contributed by atoms with E-state index in [-0.39, 0.29) is 0 Å². The Morgan fingerprint density at radius 1 is 0.750 bits per heavy atom. The number of ether oxygens (including phenoxy) is 2. The van der Waals surface area contributed by atoms with Crippen LogP contribution in [-0.4, -0.2) is 63.3 Å². The van der Waals surface area contributed by atoms with Crippen LogP contribution in [0.3, 0.4) is 0 Å². The lowest BCUT2D eigenvalue weighted by Crippen LogP contribution is -2.29. The molecule has 0 fully saturated rings. The van der Waals surface area contributed by atoms with Gasteiger partial charge in [0.15, 0.2) is 0 Å². The minimum Gasteiger partial charge on any atom is -0.382 e. The van der Waals surface area contributed by atoms with Crippen LogP contribution >= 0.6 is 12.0 Å². The Balaban J connectivity index is 3.67. The Hall–Kier alpha value is 0.190. The zero-order valence-electron chi connectivity index (χ0n) is 13.6. The fraction of sp³-hybridized carbons (Fsp3) is 1.00. The maximum atomic E-state index is 5.41. The predicted molar refractivity (Wildman–Crippen MR) is 87.4 cm³/mol. The maximum absolute atomic E-state index is 5.41. The number of hydrogen-bond acceptors (Lipinski definition) is 5. The zero-order valence-corrected chi connectivity index (χ0v) is 14.4. The Morgan fingerprint density at radius 3 is 1.80 bits per heavy atom.